The molecule has 1 aliphatic carbocycles. The predicted molar refractivity (Wildman–Crippen MR) is 78.2 cm³/mol. The number of hydrogen-bond acceptors (Lipinski definition) is 5. The molecule has 1 heterocycles. The normalized spacial score (nSPS) is 14.9. The molecular formula is C14H21N3O2S. The minimum Gasteiger partial charge on any atom is -0.273 e. The second kappa shape index (κ2) is 7.59. The van der Waals surface area contributed by atoms with Crippen molar-refractivity contribution < 1.29 is 9.63 Å². The fourth-order valence-electron chi connectivity index (χ4n) is 1.95. The van der Waals surface area contributed by atoms with Crippen molar-refractivity contribution in [2.45, 2.75) is 37.8 Å². The molecule has 0 atom stereocenters. The second-order valence-electron chi connectivity index (χ2n) is 5.05. The molecule has 1 fully saturated rings. The van der Waals surface area contributed by atoms with E-state index in [1.165, 1.54) is 36.1 Å². The summed E-state index contributed by atoms with van der Waals surface area (Å²) in [6, 6.07) is 1.87. The summed E-state index contributed by atoms with van der Waals surface area (Å²) in [6.07, 6.45) is 5.99. The zero-order valence-corrected chi connectivity index (χ0v) is 12.9. The Hall–Kier alpha value is -1.14. The first kappa shape index (κ1) is 15.3. The van der Waals surface area contributed by atoms with E-state index in [2.05, 4.69) is 9.97 Å². The summed E-state index contributed by atoms with van der Waals surface area (Å²) in [5.41, 5.74) is 0.955. The van der Waals surface area contributed by atoms with Gasteiger partial charge in [0, 0.05) is 31.1 Å². The Kier molecular flexibility index (Phi) is 5.79. The molecule has 0 spiro atoms. The lowest BCUT2D eigenvalue weighted by molar-refractivity contribution is -0.177. The van der Waals surface area contributed by atoms with Gasteiger partial charge in [-0.2, -0.15) is 0 Å². The molecule has 5 nitrogen and oxygen atoms in total. The van der Waals surface area contributed by atoms with Gasteiger partial charge in [0.1, 0.15) is 0 Å². The maximum atomic E-state index is 11.8. The third kappa shape index (κ3) is 4.76. The van der Waals surface area contributed by atoms with E-state index in [9.17, 15) is 4.79 Å². The highest BCUT2D eigenvalue weighted by atomic mass is 32.2. The highest BCUT2D eigenvalue weighted by molar-refractivity contribution is 7.99. The van der Waals surface area contributed by atoms with E-state index >= 15 is 0 Å². The van der Waals surface area contributed by atoms with Crippen molar-refractivity contribution in [1.82, 2.24) is 15.0 Å². The molecule has 0 bridgehead atoms. The van der Waals surface area contributed by atoms with Crippen LogP contribution in [-0.4, -0.2) is 40.3 Å². The lowest BCUT2D eigenvalue weighted by Crippen LogP contribution is -2.31. The molecule has 0 unspecified atom stereocenters. The third-order valence-electron chi connectivity index (χ3n) is 3.41. The van der Waals surface area contributed by atoms with E-state index in [-0.39, 0.29) is 5.91 Å². The molecule has 0 N–H and O–H groups in total. The van der Waals surface area contributed by atoms with Gasteiger partial charge in [-0.05, 0) is 31.7 Å². The second-order valence-corrected chi connectivity index (χ2v) is 6.12. The molecular weight excluding hydrogens is 274 g/mol. The van der Waals surface area contributed by atoms with Crippen molar-refractivity contribution in [2.75, 3.05) is 19.4 Å². The fourth-order valence-corrected chi connectivity index (χ4v) is 2.63. The quantitative estimate of drug-likeness (QED) is 0.335. The number of nitrogens with zero attached hydrogens (tertiary/aromatic N) is 3. The summed E-state index contributed by atoms with van der Waals surface area (Å²) in [5.74, 6) is 1.37. The number of thioether (sulfide) groups is 1. The van der Waals surface area contributed by atoms with Gasteiger partial charge in [0.25, 0.3) is 0 Å². The van der Waals surface area contributed by atoms with E-state index in [4.69, 9.17) is 4.84 Å². The largest absolute Gasteiger partial charge is 0.273 e. The van der Waals surface area contributed by atoms with Crippen LogP contribution in [0.15, 0.2) is 17.4 Å². The van der Waals surface area contributed by atoms with Crippen molar-refractivity contribution in [2.24, 2.45) is 5.92 Å². The molecule has 1 amide bonds. The van der Waals surface area contributed by atoms with Gasteiger partial charge in [0.2, 0.25) is 5.91 Å². The summed E-state index contributed by atoms with van der Waals surface area (Å²) >= 11 is 1.53. The first-order chi connectivity index (χ1) is 9.65. The predicted octanol–water partition coefficient (Wildman–Crippen LogP) is 2.46. The van der Waals surface area contributed by atoms with Gasteiger partial charge in [0.15, 0.2) is 5.16 Å². The van der Waals surface area contributed by atoms with Gasteiger partial charge in [0.05, 0.1) is 6.61 Å². The SMILES string of the molecule is Cc1ccnc(SCCON(C)C(=O)CC2CCC2)n1. The summed E-state index contributed by atoms with van der Waals surface area (Å²) in [7, 11) is 1.69. The first-order valence-electron chi connectivity index (χ1n) is 6.97. The Morgan fingerprint density at radius 3 is 3.00 bits per heavy atom. The molecule has 1 aliphatic rings. The maximum absolute atomic E-state index is 11.8. The van der Waals surface area contributed by atoms with Crippen LogP contribution in [0.2, 0.25) is 0 Å². The van der Waals surface area contributed by atoms with Crippen LogP contribution >= 0.6 is 11.8 Å². The third-order valence-corrected chi connectivity index (χ3v) is 4.24. The molecule has 2 rings (SSSR count). The van der Waals surface area contributed by atoms with Gasteiger partial charge in [-0.3, -0.25) is 9.63 Å². The molecule has 0 saturated heterocycles. The molecule has 0 radical (unpaired) electrons. The van der Waals surface area contributed by atoms with E-state index in [1.54, 1.807) is 13.2 Å². The molecule has 0 aromatic carbocycles. The zero-order chi connectivity index (χ0) is 14.4. The van der Waals surface area contributed by atoms with Crippen LogP contribution in [0.5, 0.6) is 0 Å². The number of hydroxylamine groups is 2. The number of aryl methyl sites for hydroxylation is 1. The van der Waals surface area contributed by atoms with Crippen molar-refractivity contribution in [3.05, 3.63) is 18.0 Å². The summed E-state index contributed by atoms with van der Waals surface area (Å²) in [5, 5.41) is 2.12. The average molecular weight is 295 g/mol. The average Bonchev–Trinajstić information content (AvgIpc) is 2.38. The molecule has 6 heteroatoms. The monoisotopic (exact) mass is 295 g/mol. The highest BCUT2D eigenvalue weighted by Gasteiger charge is 2.22. The van der Waals surface area contributed by atoms with Crippen LogP contribution in [0.3, 0.4) is 0 Å². The summed E-state index contributed by atoms with van der Waals surface area (Å²) in [4.78, 5) is 25.7. The van der Waals surface area contributed by atoms with Crippen molar-refractivity contribution in [3.63, 3.8) is 0 Å². The maximum Gasteiger partial charge on any atom is 0.246 e. The number of hydrogen-bond donors (Lipinski definition) is 0. The van der Waals surface area contributed by atoms with Crippen LogP contribution in [0.25, 0.3) is 0 Å². The molecule has 1 saturated carbocycles. The topological polar surface area (TPSA) is 55.3 Å². The lowest BCUT2D eigenvalue weighted by Gasteiger charge is -2.26. The van der Waals surface area contributed by atoms with E-state index in [0.29, 0.717) is 18.9 Å². The highest BCUT2D eigenvalue weighted by Crippen LogP contribution is 2.29. The van der Waals surface area contributed by atoms with Gasteiger partial charge in [-0.25, -0.2) is 15.0 Å². The molecule has 20 heavy (non-hydrogen) atoms. The molecule has 0 aliphatic heterocycles. The minimum atomic E-state index is 0.0755. The van der Waals surface area contributed by atoms with E-state index in [1.807, 2.05) is 13.0 Å². The number of aromatic nitrogens is 2. The molecule has 110 valence electrons. The lowest BCUT2D eigenvalue weighted by atomic mass is 9.83. The van der Waals surface area contributed by atoms with Crippen LogP contribution in [0, 0.1) is 12.8 Å². The zero-order valence-electron chi connectivity index (χ0n) is 12.0. The van der Waals surface area contributed by atoms with Gasteiger partial charge < -0.3 is 0 Å². The van der Waals surface area contributed by atoms with E-state index < -0.39 is 0 Å². The fraction of sp³-hybridized carbons (Fsp3) is 0.643. The van der Waals surface area contributed by atoms with Gasteiger partial charge in [-0.1, -0.05) is 18.2 Å². The van der Waals surface area contributed by atoms with Crippen LogP contribution in [0.4, 0.5) is 0 Å². The van der Waals surface area contributed by atoms with Crippen molar-refractivity contribution in [1.29, 1.82) is 0 Å². The van der Waals surface area contributed by atoms with E-state index in [0.717, 1.165) is 16.6 Å². The van der Waals surface area contributed by atoms with Crippen LogP contribution in [0.1, 0.15) is 31.4 Å². The summed E-state index contributed by atoms with van der Waals surface area (Å²) in [6.45, 7) is 2.42. The summed E-state index contributed by atoms with van der Waals surface area (Å²) < 4.78 is 0. The Labute approximate surface area is 124 Å². The Balaban J connectivity index is 1.61. The molecule has 1 aromatic rings. The number of amides is 1. The Morgan fingerprint density at radius 2 is 2.35 bits per heavy atom. The molecule has 1 aromatic heterocycles. The number of rotatable bonds is 7. The van der Waals surface area contributed by atoms with Crippen molar-refractivity contribution >= 4 is 17.7 Å². The first-order valence-corrected chi connectivity index (χ1v) is 7.95. The smallest absolute Gasteiger partial charge is 0.246 e. The number of carbonyl (C=O) groups is 1. The van der Waals surface area contributed by atoms with Gasteiger partial charge >= 0.3 is 0 Å². The Morgan fingerprint density at radius 1 is 1.55 bits per heavy atom. The van der Waals surface area contributed by atoms with Crippen LogP contribution < -0.4 is 0 Å². The standard InChI is InChI=1S/C14H21N3O2S/c1-11-6-7-15-14(16-11)20-9-8-19-17(2)13(18)10-12-4-3-5-12/h6-7,12H,3-5,8-10H2,1-2H3. The number of carbonyl (C=O) groups excluding carboxylic acids is 1. The Bertz CT molecular complexity index is 452. The minimum absolute atomic E-state index is 0.0755. The van der Waals surface area contributed by atoms with Crippen molar-refractivity contribution in [3.8, 4) is 0 Å². The van der Waals surface area contributed by atoms with Crippen LogP contribution in [-0.2, 0) is 9.63 Å². The van der Waals surface area contributed by atoms with Gasteiger partial charge in [-0.15, -0.1) is 0 Å².